The number of ether oxygens (including phenoxy) is 1. The summed E-state index contributed by atoms with van der Waals surface area (Å²) in [5.74, 6) is 0.341. The lowest BCUT2D eigenvalue weighted by molar-refractivity contribution is -0.123. The molecule has 3 rings (SSSR count). The Balaban J connectivity index is 2.03. The van der Waals surface area contributed by atoms with Gasteiger partial charge in [-0.25, -0.2) is 8.42 Å². The number of halogens is 1. The van der Waals surface area contributed by atoms with Crippen LogP contribution < -0.4 is 15.4 Å². The molecule has 0 bridgehead atoms. The third-order valence-electron chi connectivity index (χ3n) is 5.36. The highest BCUT2D eigenvalue weighted by Crippen LogP contribution is 2.38. The molecule has 1 aliphatic heterocycles. The second kappa shape index (κ2) is 10.3. The van der Waals surface area contributed by atoms with E-state index in [0.29, 0.717) is 17.9 Å². The number of hydrogen-bond donors (Lipinski definition) is 2. The molecule has 2 N–H and O–H groups in total. The Bertz CT molecular complexity index is 1030. The first kappa shape index (κ1) is 24.0. The average Bonchev–Trinajstić information content (AvgIpc) is 2.85. The van der Waals surface area contributed by atoms with Gasteiger partial charge in [0, 0.05) is 18.7 Å². The number of carbonyl (C=O) groups excluding carboxylic acids is 1. The van der Waals surface area contributed by atoms with E-state index in [4.69, 9.17) is 4.74 Å². The van der Waals surface area contributed by atoms with Gasteiger partial charge in [-0.1, -0.05) is 51.1 Å². The van der Waals surface area contributed by atoms with Gasteiger partial charge in [0.25, 0.3) is 5.91 Å². The van der Waals surface area contributed by atoms with Gasteiger partial charge >= 0.3 is 0 Å². The van der Waals surface area contributed by atoms with Crippen LogP contribution in [0.4, 0.5) is 0 Å². The van der Waals surface area contributed by atoms with Crippen LogP contribution in [0.25, 0.3) is 0 Å². The lowest BCUT2D eigenvalue weighted by Gasteiger charge is -2.26. The molecule has 1 heterocycles. The molecule has 0 aliphatic carbocycles. The van der Waals surface area contributed by atoms with Gasteiger partial charge < -0.3 is 15.4 Å². The van der Waals surface area contributed by atoms with Crippen LogP contribution in [0.1, 0.15) is 44.4 Å². The van der Waals surface area contributed by atoms with E-state index in [2.05, 4.69) is 33.2 Å². The molecule has 2 aromatic rings. The Morgan fingerprint density at radius 2 is 1.97 bits per heavy atom. The van der Waals surface area contributed by atoms with Crippen LogP contribution in [0.15, 0.2) is 47.4 Å². The van der Waals surface area contributed by atoms with Gasteiger partial charge in [0.2, 0.25) is 0 Å². The average molecular weight is 556 g/mol. The molecule has 31 heavy (non-hydrogen) atoms. The van der Waals surface area contributed by atoms with Crippen LogP contribution in [0.3, 0.4) is 0 Å². The molecule has 2 unspecified atom stereocenters. The number of benzene rings is 2. The summed E-state index contributed by atoms with van der Waals surface area (Å²) in [6, 6.07) is 12.9. The number of carbonyl (C=O) groups is 1. The maximum absolute atomic E-state index is 13.4. The SMILES string of the molecule is CCCNC(=O)COc1cc2c(cc1I)C(c1ccccc1)NC(C(C)C)CS2(=O)=O. The predicted octanol–water partition coefficient (Wildman–Crippen LogP) is 3.69. The van der Waals surface area contributed by atoms with E-state index in [9.17, 15) is 13.2 Å². The van der Waals surface area contributed by atoms with Crippen molar-refractivity contribution in [2.24, 2.45) is 5.92 Å². The first-order chi connectivity index (χ1) is 14.7. The summed E-state index contributed by atoms with van der Waals surface area (Å²) >= 11 is 2.14. The summed E-state index contributed by atoms with van der Waals surface area (Å²) in [6.45, 7) is 6.46. The third-order valence-corrected chi connectivity index (χ3v) is 8.02. The van der Waals surface area contributed by atoms with E-state index in [1.54, 1.807) is 6.07 Å². The minimum absolute atomic E-state index is 0.0119. The van der Waals surface area contributed by atoms with Crippen LogP contribution in [0, 0.1) is 9.49 Å². The molecule has 8 heteroatoms. The summed E-state index contributed by atoms with van der Waals surface area (Å²) < 4.78 is 33.2. The second-order valence-electron chi connectivity index (χ2n) is 8.10. The Hall–Kier alpha value is -1.65. The van der Waals surface area contributed by atoms with E-state index in [0.717, 1.165) is 15.6 Å². The maximum atomic E-state index is 13.4. The Morgan fingerprint density at radius 3 is 2.61 bits per heavy atom. The van der Waals surface area contributed by atoms with Crippen molar-refractivity contribution in [2.75, 3.05) is 18.9 Å². The van der Waals surface area contributed by atoms with Crippen LogP contribution in [0.2, 0.25) is 0 Å². The molecule has 6 nitrogen and oxygen atoms in total. The lowest BCUT2D eigenvalue weighted by Crippen LogP contribution is -2.39. The fourth-order valence-corrected chi connectivity index (χ4v) is 6.20. The number of fused-ring (bicyclic) bond motifs is 1. The highest BCUT2D eigenvalue weighted by molar-refractivity contribution is 14.1. The molecule has 0 saturated carbocycles. The van der Waals surface area contributed by atoms with Gasteiger partial charge in [0.05, 0.1) is 20.3 Å². The minimum atomic E-state index is -3.55. The molecule has 0 spiro atoms. The molecule has 0 radical (unpaired) electrons. The minimum Gasteiger partial charge on any atom is -0.483 e. The van der Waals surface area contributed by atoms with E-state index < -0.39 is 9.84 Å². The van der Waals surface area contributed by atoms with E-state index in [1.165, 1.54) is 0 Å². The Kier molecular flexibility index (Phi) is 7.98. The van der Waals surface area contributed by atoms with Crippen molar-refractivity contribution in [1.82, 2.24) is 10.6 Å². The summed E-state index contributed by atoms with van der Waals surface area (Å²) in [4.78, 5) is 12.2. The third kappa shape index (κ3) is 5.78. The molecular formula is C23H29IN2O4S. The number of sulfone groups is 1. The second-order valence-corrected chi connectivity index (χ2v) is 11.3. The standard InChI is InChI=1S/C23H29IN2O4S/c1-4-10-25-22(27)13-30-20-12-21-17(11-18(20)24)23(16-8-6-5-7-9-16)26-19(15(2)3)14-31(21,28)29/h5-9,11-12,15,19,23,26H,4,10,13-14H2,1-3H3,(H,25,27). The molecule has 168 valence electrons. The van der Waals surface area contributed by atoms with E-state index >= 15 is 0 Å². The van der Waals surface area contributed by atoms with Crippen molar-refractivity contribution >= 4 is 38.3 Å². The summed E-state index contributed by atoms with van der Waals surface area (Å²) in [6.07, 6.45) is 0.839. The van der Waals surface area contributed by atoms with Gasteiger partial charge in [0.1, 0.15) is 5.75 Å². The van der Waals surface area contributed by atoms with Gasteiger partial charge in [-0.05, 0) is 52.1 Å². The quantitative estimate of drug-likeness (QED) is 0.509. The zero-order valence-corrected chi connectivity index (χ0v) is 21.0. The topological polar surface area (TPSA) is 84.5 Å². The first-order valence-corrected chi connectivity index (χ1v) is 13.2. The van der Waals surface area contributed by atoms with Crippen molar-refractivity contribution in [1.29, 1.82) is 0 Å². The monoisotopic (exact) mass is 556 g/mol. The van der Waals surface area contributed by atoms with Gasteiger partial charge in [-0.3, -0.25) is 4.79 Å². The van der Waals surface area contributed by atoms with Crippen LogP contribution >= 0.6 is 22.6 Å². The molecule has 0 aromatic heterocycles. The van der Waals surface area contributed by atoms with Crippen LogP contribution in [0.5, 0.6) is 5.75 Å². The molecular weight excluding hydrogens is 527 g/mol. The first-order valence-electron chi connectivity index (χ1n) is 10.5. The van der Waals surface area contributed by atoms with E-state index in [1.807, 2.05) is 57.2 Å². The van der Waals surface area contributed by atoms with Gasteiger partial charge in [0.15, 0.2) is 16.4 Å². The summed E-state index contributed by atoms with van der Waals surface area (Å²) in [7, 11) is -3.55. The van der Waals surface area contributed by atoms with Crippen molar-refractivity contribution < 1.29 is 17.9 Å². The molecule has 2 aromatic carbocycles. The number of amides is 1. The number of rotatable bonds is 7. The summed E-state index contributed by atoms with van der Waals surface area (Å²) in [5, 5.41) is 6.34. The van der Waals surface area contributed by atoms with Crippen molar-refractivity contribution in [2.45, 2.75) is 44.2 Å². The predicted molar refractivity (Wildman–Crippen MR) is 130 cm³/mol. The molecule has 0 fully saturated rings. The largest absolute Gasteiger partial charge is 0.483 e. The van der Waals surface area contributed by atoms with Gasteiger partial charge in [-0.15, -0.1) is 0 Å². The maximum Gasteiger partial charge on any atom is 0.257 e. The number of nitrogens with one attached hydrogen (secondary N) is 2. The van der Waals surface area contributed by atoms with E-state index in [-0.39, 0.29) is 41.2 Å². The highest BCUT2D eigenvalue weighted by Gasteiger charge is 2.35. The Morgan fingerprint density at radius 1 is 1.26 bits per heavy atom. The normalized spacial score (nSPS) is 20.0. The highest BCUT2D eigenvalue weighted by atomic mass is 127. The summed E-state index contributed by atoms with van der Waals surface area (Å²) in [5.41, 5.74) is 1.72. The fourth-order valence-electron chi connectivity index (χ4n) is 3.60. The van der Waals surface area contributed by atoms with Crippen LogP contribution in [-0.2, 0) is 14.6 Å². The molecule has 1 amide bonds. The van der Waals surface area contributed by atoms with Crippen molar-refractivity contribution in [3.8, 4) is 5.75 Å². The van der Waals surface area contributed by atoms with Crippen molar-refractivity contribution in [3.05, 3.63) is 57.2 Å². The fraction of sp³-hybridized carbons (Fsp3) is 0.435. The Labute approximate surface area is 198 Å². The zero-order chi connectivity index (χ0) is 22.6. The molecule has 1 aliphatic rings. The van der Waals surface area contributed by atoms with Gasteiger partial charge in [-0.2, -0.15) is 0 Å². The lowest BCUT2D eigenvalue weighted by atomic mass is 9.96. The zero-order valence-electron chi connectivity index (χ0n) is 18.0. The molecule has 2 atom stereocenters. The van der Waals surface area contributed by atoms with Crippen molar-refractivity contribution in [3.63, 3.8) is 0 Å². The van der Waals surface area contributed by atoms with Crippen LogP contribution in [-0.4, -0.2) is 39.3 Å². The molecule has 0 saturated heterocycles. The smallest absolute Gasteiger partial charge is 0.257 e. The number of hydrogen-bond acceptors (Lipinski definition) is 5.